The number of hydrogen-bond donors (Lipinski definition) is 1. The Bertz CT molecular complexity index is 1100. The van der Waals surface area contributed by atoms with Gasteiger partial charge in [-0.1, -0.05) is 19.4 Å². The molecule has 1 aromatic heterocycles. The number of alkyl halides is 4. The van der Waals surface area contributed by atoms with Gasteiger partial charge in [0.05, 0.1) is 27.8 Å². The molecule has 0 spiro atoms. The van der Waals surface area contributed by atoms with E-state index in [0.29, 0.717) is 24.2 Å². The van der Waals surface area contributed by atoms with E-state index in [-0.39, 0.29) is 30.1 Å². The Kier molecular flexibility index (Phi) is 7.75. The largest absolute Gasteiger partial charge is 0.416 e. The zero-order chi connectivity index (χ0) is 24.4. The van der Waals surface area contributed by atoms with E-state index >= 15 is 0 Å². The van der Waals surface area contributed by atoms with Crippen LogP contribution in [0.25, 0.3) is 0 Å². The SMILES string of the molecule is C=S(=O)(c1cccc(C(F)(F)F)c1)C1(C)CCOC(c2cc(CS(=O)C(F)CCC)[nH]n2)C1. The van der Waals surface area contributed by atoms with E-state index < -0.39 is 48.4 Å². The average Bonchev–Trinajstić information content (AvgIpc) is 3.22. The fourth-order valence-electron chi connectivity index (χ4n) is 3.84. The van der Waals surface area contributed by atoms with E-state index in [4.69, 9.17) is 4.74 Å². The summed E-state index contributed by atoms with van der Waals surface area (Å²) in [5.74, 6) is 3.84. The maximum absolute atomic E-state index is 13.9. The van der Waals surface area contributed by atoms with E-state index in [1.165, 1.54) is 12.1 Å². The summed E-state index contributed by atoms with van der Waals surface area (Å²) < 4.78 is 84.1. The monoisotopic (exact) mass is 508 g/mol. The molecule has 3 rings (SSSR count). The molecule has 1 N–H and O–H groups in total. The van der Waals surface area contributed by atoms with Gasteiger partial charge >= 0.3 is 6.18 Å². The first-order valence-corrected chi connectivity index (χ1v) is 13.7. The molecular formula is C22H28F4N2O3S2. The highest BCUT2D eigenvalue weighted by atomic mass is 32.2. The highest BCUT2D eigenvalue weighted by Gasteiger charge is 2.42. The first-order valence-electron chi connectivity index (χ1n) is 10.6. The fraction of sp³-hybridized carbons (Fsp3) is 0.545. The van der Waals surface area contributed by atoms with E-state index in [2.05, 4.69) is 16.1 Å². The average molecular weight is 509 g/mol. The van der Waals surface area contributed by atoms with Crippen molar-refractivity contribution in [3.63, 3.8) is 0 Å². The van der Waals surface area contributed by atoms with Gasteiger partial charge in [0.1, 0.15) is 6.10 Å². The zero-order valence-electron chi connectivity index (χ0n) is 18.5. The van der Waals surface area contributed by atoms with Crippen LogP contribution in [0.1, 0.15) is 62.6 Å². The Labute approximate surface area is 193 Å². The van der Waals surface area contributed by atoms with Gasteiger partial charge in [-0.25, -0.2) is 4.39 Å². The van der Waals surface area contributed by atoms with Crippen LogP contribution in [0, 0.1) is 0 Å². The molecule has 1 fully saturated rings. The zero-order valence-corrected chi connectivity index (χ0v) is 20.1. The van der Waals surface area contributed by atoms with Crippen molar-refractivity contribution in [2.24, 2.45) is 0 Å². The molecule has 0 amide bonds. The maximum atomic E-state index is 13.9. The fourth-order valence-corrected chi connectivity index (χ4v) is 6.99. The Hall–Kier alpha value is -1.72. The topological polar surface area (TPSA) is 72.1 Å². The molecule has 11 heteroatoms. The third-order valence-corrected chi connectivity index (χ3v) is 10.4. The number of nitrogens with one attached hydrogen (secondary N) is 1. The number of benzene rings is 1. The molecule has 5 unspecified atom stereocenters. The van der Waals surface area contributed by atoms with Gasteiger partial charge in [0.15, 0.2) is 5.50 Å². The number of halogens is 4. The molecule has 1 aromatic carbocycles. The third kappa shape index (κ3) is 5.68. The molecular weight excluding hydrogens is 480 g/mol. The standard InChI is InChI=1S/C22H28F4N2O3S2/c1-4-6-20(23)32(29)14-16-12-18(28-27-16)19-13-21(2,9-10-31-19)33(3,30)17-8-5-7-15(11-17)22(24,25)26/h5,7-8,11-12,19-20H,3-4,6,9-10,13-14H2,1-2H3,(H,27,28). The quantitative estimate of drug-likeness (QED) is 0.395. The predicted molar refractivity (Wildman–Crippen MR) is 122 cm³/mol. The van der Waals surface area contributed by atoms with Crippen molar-refractivity contribution >= 4 is 26.2 Å². The van der Waals surface area contributed by atoms with E-state index in [1.54, 1.807) is 13.0 Å². The normalized spacial score (nSPS) is 25.3. The molecule has 1 saturated heterocycles. The van der Waals surface area contributed by atoms with Gasteiger partial charge in [0, 0.05) is 31.5 Å². The first-order chi connectivity index (χ1) is 15.4. The highest BCUT2D eigenvalue weighted by molar-refractivity contribution is 8.01. The molecule has 2 heterocycles. The smallest absolute Gasteiger partial charge is 0.372 e. The van der Waals surface area contributed by atoms with Crippen LogP contribution >= 0.6 is 0 Å². The number of aromatic amines is 1. The van der Waals surface area contributed by atoms with Crippen molar-refractivity contribution < 1.29 is 30.7 Å². The summed E-state index contributed by atoms with van der Waals surface area (Å²) in [7, 11) is -4.83. The summed E-state index contributed by atoms with van der Waals surface area (Å²) in [6.07, 6.45) is -3.75. The molecule has 0 saturated carbocycles. The number of aromatic nitrogens is 2. The Morgan fingerprint density at radius 2 is 2.12 bits per heavy atom. The molecule has 0 aliphatic carbocycles. The molecule has 5 atom stereocenters. The molecule has 184 valence electrons. The van der Waals surface area contributed by atoms with Gasteiger partial charge in [-0.15, -0.1) is 0 Å². The predicted octanol–water partition coefficient (Wildman–Crippen LogP) is 5.16. The van der Waals surface area contributed by atoms with Crippen molar-refractivity contribution in [2.75, 3.05) is 6.61 Å². The summed E-state index contributed by atoms with van der Waals surface area (Å²) in [5, 5.41) is 6.95. The van der Waals surface area contributed by atoms with Crippen LogP contribution in [0.5, 0.6) is 0 Å². The lowest BCUT2D eigenvalue weighted by molar-refractivity contribution is -0.137. The molecule has 0 radical (unpaired) electrons. The molecule has 1 aliphatic heterocycles. The second-order valence-electron chi connectivity index (χ2n) is 8.51. The third-order valence-electron chi connectivity index (χ3n) is 5.98. The molecule has 1 aliphatic rings. The lowest BCUT2D eigenvalue weighted by Crippen LogP contribution is -2.42. The second kappa shape index (κ2) is 9.87. The van der Waals surface area contributed by atoms with Gasteiger partial charge in [-0.2, -0.15) is 18.3 Å². The van der Waals surface area contributed by atoms with Crippen LogP contribution in [-0.2, 0) is 37.0 Å². The maximum Gasteiger partial charge on any atom is 0.416 e. The number of rotatable bonds is 8. The minimum absolute atomic E-state index is 0.0194. The van der Waals surface area contributed by atoms with Crippen LogP contribution in [-0.4, -0.2) is 41.3 Å². The second-order valence-corrected chi connectivity index (χ2v) is 12.9. The van der Waals surface area contributed by atoms with Crippen molar-refractivity contribution in [1.82, 2.24) is 10.2 Å². The van der Waals surface area contributed by atoms with Crippen LogP contribution in [0.4, 0.5) is 17.6 Å². The lowest BCUT2D eigenvalue weighted by atomic mass is 9.95. The lowest BCUT2D eigenvalue weighted by Gasteiger charge is -2.40. The van der Waals surface area contributed by atoms with Crippen LogP contribution in [0.2, 0.25) is 0 Å². The summed E-state index contributed by atoms with van der Waals surface area (Å²) in [4.78, 5) is 0.0449. The van der Waals surface area contributed by atoms with Crippen LogP contribution in [0.3, 0.4) is 0 Å². The van der Waals surface area contributed by atoms with Crippen molar-refractivity contribution in [3.8, 4) is 0 Å². The summed E-state index contributed by atoms with van der Waals surface area (Å²) >= 11 is 0. The number of H-pyrrole nitrogens is 1. The molecule has 5 nitrogen and oxygen atoms in total. The summed E-state index contributed by atoms with van der Waals surface area (Å²) in [5.41, 5.74) is -1.31. The number of nitrogens with zero attached hydrogens (tertiary/aromatic N) is 1. The number of ether oxygens (including phenoxy) is 1. The van der Waals surface area contributed by atoms with Crippen LogP contribution < -0.4 is 0 Å². The van der Waals surface area contributed by atoms with Crippen LogP contribution in [0.15, 0.2) is 35.2 Å². The van der Waals surface area contributed by atoms with E-state index in [9.17, 15) is 26.0 Å². The van der Waals surface area contributed by atoms with Crippen molar-refractivity contribution in [2.45, 2.75) is 72.7 Å². The van der Waals surface area contributed by atoms with E-state index in [1.807, 2.05) is 6.92 Å². The molecule has 0 bridgehead atoms. The van der Waals surface area contributed by atoms with Gasteiger partial charge in [-0.3, -0.25) is 13.5 Å². The Morgan fingerprint density at radius 3 is 2.79 bits per heavy atom. The van der Waals surface area contributed by atoms with Gasteiger partial charge in [-0.05, 0) is 56.3 Å². The first kappa shape index (κ1) is 25.9. The van der Waals surface area contributed by atoms with Gasteiger partial charge in [0.25, 0.3) is 0 Å². The highest BCUT2D eigenvalue weighted by Crippen LogP contribution is 2.42. The van der Waals surface area contributed by atoms with Crippen molar-refractivity contribution in [3.05, 3.63) is 47.3 Å². The van der Waals surface area contributed by atoms with E-state index in [0.717, 1.165) is 12.1 Å². The molecule has 33 heavy (non-hydrogen) atoms. The Morgan fingerprint density at radius 1 is 1.39 bits per heavy atom. The number of hydrogen-bond acceptors (Lipinski definition) is 4. The summed E-state index contributed by atoms with van der Waals surface area (Å²) in [6.45, 7) is 3.78. The minimum Gasteiger partial charge on any atom is -0.372 e. The molecule has 2 aromatic rings. The minimum atomic E-state index is -4.55. The van der Waals surface area contributed by atoms with Crippen molar-refractivity contribution in [1.29, 1.82) is 0 Å². The van der Waals surface area contributed by atoms with Gasteiger partial charge in [0.2, 0.25) is 0 Å². The summed E-state index contributed by atoms with van der Waals surface area (Å²) in [6, 6.07) is 6.12. The van der Waals surface area contributed by atoms with Gasteiger partial charge < -0.3 is 4.74 Å². The Balaban J connectivity index is 1.80.